The monoisotopic (exact) mass is 246 g/mol. The van der Waals surface area contributed by atoms with Gasteiger partial charge in [0.2, 0.25) is 6.79 Å². The minimum Gasteiger partial charge on any atom is -0.454 e. The number of hydrogen-bond donors (Lipinski definition) is 1. The summed E-state index contributed by atoms with van der Waals surface area (Å²) in [6, 6.07) is 5.03. The van der Waals surface area contributed by atoms with Gasteiger partial charge >= 0.3 is 0 Å². The molecule has 0 bridgehead atoms. The van der Waals surface area contributed by atoms with Crippen LogP contribution in [0.4, 0.5) is 0 Å². The largest absolute Gasteiger partial charge is 0.454 e. The molecule has 4 nitrogen and oxygen atoms in total. The molecular weight excluding hydrogens is 228 g/mol. The van der Waals surface area contributed by atoms with Crippen LogP contribution in [0.15, 0.2) is 12.1 Å². The lowest BCUT2D eigenvalue weighted by molar-refractivity contribution is 0.172. The molecule has 1 aromatic rings. The molecule has 2 heterocycles. The SMILES string of the molecule is c1c2c(cc3c1OCO3)CC(N1CCNCC1)C2. The molecule has 96 valence electrons. The molecule has 0 aromatic heterocycles. The Balaban J connectivity index is 1.56. The third-order valence-corrected chi connectivity index (χ3v) is 4.27. The van der Waals surface area contributed by atoms with Crippen molar-refractivity contribution in [1.29, 1.82) is 0 Å². The van der Waals surface area contributed by atoms with Crippen LogP contribution >= 0.6 is 0 Å². The van der Waals surface area contributed by atoms with Gasteiger partial charge in [0, 0.05) is 32.2 Å². The molecule has 0 radical (unpaired) electrons. The molecule has 0 atom stereocenters. The highest BCUT2D eigenvalue weighted by atomic mass is 16.7. The summed E-state index contributed by atoms with van der Waals surface area (Å²) >= 11 is 0. The van der Waals surface area contributed by atoms with Gasteiger partial charge in [0.1, 0.15) is 0 Å². The van der Waals surface area contributed by atoms with Crippen LogP contribution < -0.4 is 14.8 Å². The molecule has 2 aliphatic heterocycles. The number of piperazine rings is 1. The topological polar surface area (TPSA) is 33.7 Å². The predicted octanol–water partition coefficient (Wildman–Crippen LogP) is 0.788. The van der Waals surface area contributed by atoms with Crippen molar-refractivity contribution in [2.24, 2.45) is 0 Å². The fourth-order valence-electron chi connectivity index (χ4n) is 3.29. The molecule has 1 N–H and O–H groups in total. The first-order valence-corrected chi connectivity index (χ1v) is 6.76. The Kier molecular flexibility index (Phi) is 2.45. The zero-order chi connectivity index (χ0) is 11.9. The van der Waals surface area contributed by atoms with E-state index in [4.69, 9.17) is 9.47 Å². The van der Waals surface area contributed by atoms with E-state index in [-0.39, 0.29) is 0 Å². The number of benzene rings is 1. The zero-order valence-electron chi connectivity index (χ0n) is 10.4. The van der Waals surface area contributed by atoms with Crippen molar-refractivity contribution in [3.05, 3.63) is 23.3 Å². The molecule has 3 aliphatic rings. The fraction of sp³-hybridized carbons (Fsp3) is 0.571. The smallest absolute Gasteiger partial charge is 0.231 e. The van der Waals surface area contributed by atoms with Crippen LogP contribution in [0.2, 0.25) is 0 Å². The molecule has 18 heavy (non-hydrogen) atoms. The Labute approximate surface area is 107 Å². The summed E-state index contributed by atoms with van der Waals surface area (Å²) in [7, 11) is 0. The Hall–Kier alpha value is -1.26. The number of nitrogens with zero attached hydrogens (tertiary/aromatic N) is 1. The number of nitrogens with one attached hydrogen (secondary N) is 1. The van der Waals surface area contributed by atoms with E-state index in [9.17, 15) is 0 Å². The molecule has 1 saturated heterocycles. The van der Waals surface area contributed by atoms with Gasteiger partial charge in [-0.1, -0.05) is 0 Å². The van der Waals surface area contributed by atoms with Crippen LogP contribution in [-0.4, -0.2) is 43.9 Å². The summed E-state index contributed by atoms with van der Waals surface area (Å²) in [5, 5.41) is 3.41. The van der Waals surface area contributed by atoms with Crippen LogP contribution in [0.1, 0.15) is 11.1 Å². The van der Waals surface area contributed by atoms with E-state index in [0.717, 1.165) is 37.4 Å². The van der Waals surface area contributed by atoms with E-state index in [2.05, 4.69) is 22.3 Å². The Bertz CT molecular complexity index is 436. The summed E-state index contributed by atoms with van der Waals surface area (Å²) in [5.74, 6) is 1.85. The predicted molar refractivity (Wildman–Crippen MR) is 68.2 cm³/mol. The van der Waals surface area contributed by atoms with Crippen molar-refractivity contribution in [2.75, 3.05) is 33.0 Å². The molecule has 0 spiro atoms. The maximum absolute atomic E-state index is 5.46. The first-order chi connectivity index (χ1) is 8.90. The molecule has 0 amide bonds. The fourth-order valence-corrected chi connectivity index (χ4v) is 3.29. The molecule has 1 fully saturated rings. The second kappa shape index (κ2) is 4.14. The summed E-state index contributed by atoms with van der Waals surface area (Å²) in [6.07, 6.45) is 2.32. The highest BCUT2D eigenvalue weighted by molar-refractivity contribution is 5.50. The maximum Gasteiger partial charge on any atom is 0.231 e. The molecule has 0 saturated carbocycles. The van der Waals surface area contributed by atoms with Crippen LogP contribution in [0, 0.1) is 0 Å². The third-order valence-electron chi connectivity index (χ3n) is 4.27. The number of fused-ring (bicyclic) bond motifs is 2. The molecule has 4 rings (SSSR count). The average molecular weight is 246 g/mol. The van der Waals surface area contributed by atoms with Crippen molar-refractivity contribution < 1.29 is 9.47 Å². The van der Waals surface area contributed by atoms with E-state index < -0.39 is 0 Å². The van der Waals surface area contributed by atoms with Crippen molar-refractivity contribution in [3.63, 3.8) is 0 Å². The van der Waals surface area contributed by atoms with Gasteiger partial charge in [0.25, 0.3) is 0 Å². The molecule has 0 unspecified atom stereocenters. The van der Waals surface area contributed by atoms with Crippen molar-refractivity contribution in [3.8, 4) is 11.5 Å². The lowest BCUT2D eigenvalue weighted by Crippen LogP contribution is -2.48. The quantitative estimate of drug-likeness (QED) is 0.794. The normalized spacial score (nSPS) is 23.3. The zero-order valence-corrected chi connectivity index (χ0v) is 10.4. The second-order valence-electron chi connectivity index (χ2n) is 5.32. The van der Waals surface area contributed by atoms with Crippen molar-refractivity contribution in [1.82, 2.24) is 10.2 Å². The molecule has 1 aromatic carbocycles. The molecule has 4 heteroatoms. The number of hydrogen-bond acceptors (Lipinski definition) is 4. The Morgan fingerprint density at radius 3 is 2.22 bits per heavy atom. The molecular formula is C14H18N2O2. The van der Waals surface area contributed by atoms with Gasteiger partial charge in [-0.15, -0.1) is 0 Å². The van der Waals surface area contributed by atoms with E-state index in [0.29, 0.717) is 12.8 Å². The minimum absolute atomic E-state index is 0.374. The Morgan fingerprint density at radius 1 is 1.00 bits per heavy atom. The lowest BCUT2D eigenvalue weighted by Gasteiger charge is -2.32. The summed E-state index contributed by atoms with van der Waals surface area (Å²) in [4.78, 5) is 2.61. The minimum atomic E-state index is 0.374. The van der Waals surface area contributed by atoms with Crippen LogP contribution in [0.5, 0.6) is 11.5 Å². The number of rotatable bonds is 1. The van der Waals surface area contributed by atoms with Crippen LogP contribution in [0.25, 0.3) is 0 Å². The first-order valence-electron chi connectivity index (χ1n) is 6.76. The van der Waals surface area contributed by atoms with Gasteiger partial charge in [-0.05, 0) is 36.1 Å². The first kappa shape index (κ1) is 10.6. The Morgan fingerprint density at radius 2 is 1.61 bits per heavy atom. The molecule has 1 aliphatic carbocycles. The summed E-state index contributed by atoms with van der Waals surface area (Å²) in [6.45, 7) is 4.96. The maximum atomic E-state index is 5.46. The van der Waals surface area contributed by atoms with E-state index in [1.54, 1.807) is 0 Å². The average Bonchev–Trinajstić information content (AvgIpc) is 3.01. The van der Waals surface area contributed by atoms with Gasteiger partial charge in [-0.3, -0.25) is 4.90 Å². The lowest BCUT2D eigenvalue weighted by atomic mass is 10.1. The van der Waals surface area contributed by atoms with Gasteiger partial charge < -0.3 is 14.8 Å². The van der Waals surface area contributed by atoms with E-state index in [1.165, 1.54) is 24.2 Å². The van der Waals surface area contributed by atoms with Gasteiger partial charge in [-0.25, -0.2) is 0 Å². The standard InChI is InChI=1S/C14H18N2O2/c1-3-16(4-2-15-1)12-5-10-7-13-14(18-9-17-13)8-11(10)6-12/h7-8,12,15H,1-6,9H2. The van der Waals surface area contributed by atoms with Crippen LogP contribution in [-0.2, 0) is 12.8 Å². The second-order valence-corrected chi connectivity index (χ2v) is 5.32. The van der Waals surface area contributed by atoms with Crippen molar-refractivity contribution in [2.45, 2.75) is 18.9 Å². The van der Waals surface area contributed by atoms with Crippen molar-refractivity contribution >= 4 is 0 Å². The summed E-state index contributed by atoms with van der Waals surface area (Å²) < 4.78 is 10.9. The highest BCUT2D eigenvalue weighted by Gasteiger charge is 2.29. The summed E-state index contributed by atoms with van der Waals surface area (Å²) in [5.41, 5.74) is 2.89. The van der Waals surface area contributed by atoms with Gasteiger partial charge in [0.05, 0.1) is 0 Å². The third kappa shape index (κ3) is 1.68. The van der Waals surface area contributed by atoms with E-state index in [1.807, 2.05) is 0 Å². The number of ether oxygens (including phenoxy) is 2. The van der Waals surface area contributed by atoms with Gasteiger partial charge in [0.15, 0.2) is 11.5 Å². The van der Waals surface area contributed by atoms with Gasteiger partial charge in [-0.2, -0.15) is 0 Å². The highest BCUT2D eigenvalue weighted by Crippen LogP contribution is 2.38. The van der Waals surface area contributed by atoms with Crippen LogP contribution in [0.3, 0.4) is 0 Å². The van der Waals surface area contributed by atoms with E-state index >= 15 is 0 Å².